The number of carbonyl (C=O) groups is 2. The lowest BCUT2D eigenvalue weighted by molar-refractivity contribution is -0.135. The van der Waals surface area contributed by atoms with E-state index in [2.05, 4.69) is 13.0 Å². The van der Waals surface area contributed by atoms with Gasteiger partial charge in [-0.2, -0.15) is 0 Å². The summed E-state index contributed by atoms with van der Waals surface area (Å²) in [4.78, 5) is 29.7. The molecule has 1 unspecified atom stereocenters. The normalized spacial score (nSPS) is 20.0. The number of hydrogen-bond acceptors (Lipinski definition) is 2. The Morgan fingerprint density at radius 3 is 2.71 bits per heavy atom. The van der Waals surface area contributed by atoms with Crippen molar-refractivity contribution in [3.05, 3.63) is 65.9 Å². The fourth-order valence-corrected chi connectivity index (χ4v) is 4.92. The Balaban J connectivity index is 1.54. The Bertz CT molecular complexity index is 1210. The second-order valence-corrected chi connectivity index (χ2v) is 8.60. The van der Waals surface area contributed by atoms with Crippen molar-refractivity contribution >= 4 is 40.1 Å². The Labute approximate surface area is 182 Å². The van der Waals surface area contributed by atoms with Crippen LogP contribution in [0.2, 0.25) is 0 Å². The van der Waals surface area contributed by atoms with E-state index in [4.69, 9.17) is 0 Å². The molecule has 1 fully saturated rings. The number of anilines is 1. The monoisotopic (exact) mass is 413 g/mol. The minimum atomic E-state index is -0.00347. The lowest BCUT2D eigenvalue weighted by Gasteiger charge is -2.33. The highest BCUT2D eigenvalue weighted by Gasteiger charge is 2.29. The van der Waals surface area contributed by atoms with Gasteiger partial charge in [0.25, 0.3) is 5.91 Å². The first-order valence-corrected chi connectivity index (χ1v) is 11.0. The topological polar surface area (TPSA) is 45.6 Å². The molecule has 2 aliphatic rings. The van der Waals surface area contributed by atoms with Gasteiger partial charge in [-0.05, 0) is 44.4 Å². The number of nitrogens with zero attached hydrogens (tertiary/aromatic N) is 3. The average molecular weight is 414 g/mol. The molecule has 3 aromatic rings. The molecule has 2 aromatic carbocycles. The zero-order valence-corrected chi connectivity index (χ0v) is 18.0. The molecule has 0 N–H and O–H groups in total. The molecule has 5 rings (SSSR count). The number of carbonyl (C=O) groups excluding carboxylic acids is 2. The highest BCUT2D eigenvalue weighted by Crippen LogP contribution is 2.37. The minimum Gasteiger partial charge on any atom is -0.338 e. The van der Waals surface area contributed by atoms with E-state index in [1.807, 2.05) is 71.3 Å². The fraction of sp³-hybridized carbons (Fsp3) is 0.308. The van der Waals surface area contributed by atoms with Gasteiger partial charge in [-0.3, -0.25) is 9.59 Å². The van der Waals surface area contributed by atoms with E-state index >= 15 is 0 Å². The second kappa shape index (κ2) is 7.73. The predicted octanol–water partition coefficient (Wildman–Crippen LogP) is 4.56. The van der Waals surface area contributed by atoms with Crippen LogP contribution in [0.4, 0.5) is 5.69 Å². The van der Waals surface area contributed by atoms with Gasteiger partial charge >= 0.3 is 0 Å². The summed E-state index contributed by atoms with van der Waals surface area (Å²) < 4.78 is 2.03. The van der Waals surface area contributed by atoms with Crippen molar-refractivity contribution in [1.29, 1.82) is 0 Å². The van der Waals surface area contributed by atoms with E-state index in [1.165, 1.54) is 6.42 Å². The maximum Gasteiger partial charge on any atom is 0.258 e. The molecule has 5 heteroatoms. The van der Waals surface area contributed by atoms with Crippen LogP contribution in [0.15, 0.2) is 54.7 Å². The van der Waals surface area contributed by atoms with Crippen molar-refractivity contribution in [2.75, 3.05) is 18.5 Å². The van der Waals surface area contributed by atoms with Gasteiger partial charge in [0.05, 0.1) is 5.69 Å². The van der Waals surface area contributed by atoms with Crippen molar-refractivity contribution in [2.24, 2.45) is 0 Å². The highest BCUT2D eigenvalue weighted by molar-refractivity contribution is 6.36. The third-order valence-corrected chi connectivity index (χ3v) is 6.64. The van der Waals surface area contributed by atoms with Gasteiger partial charge < -0.3 is 14.4 Å². The standard InChI is InChI=1S/C26H27N3O2/c1-18-9-7-8-14-29(18)25(30)17-28-16-19(20-10-3-6-13-24(20)28)15-22-21-11-4-5-12-23(21)27(2)26(22)31/h3-6,10-13,15-16,18H,7-9,14,17H2,1-2H3/b22-15+. The third kappa shape index (κ3) is 3.34. The van der Waals surface area contributed by atoms with Crippen LogP contribution in [0.25, 0.3) is 22.6 Å². The van der Waals surface area contributed by atoms with E-state index in [-0.39, 0.29) is 11.8 Å². The maximum absolute atomic E-state index is 13.1. The number of amides is 2. The molecule has 0 bridgehead atoms. The number of fused-ring (bicyclic) bond motifs is 2. The number of aromatic nitrogens is 1. The Hall–Kier alpha value is -3.34. The van der Waals surface area contributed by atoms with Gasteiger partial charge in [-0.1, -0.05) is 36.4 Å². The van der Waals surface area contributed by atoms with E-state index in [9.17, 15) is 9.59 Å². The summed E-state index contributed by atoms with van der Waals surface area (Å²) in [6.45, 7) is 3.30. The number of para-hydroxylation sites is 2. The highest BCUT2D eigenvalue weighted by atomic mass is 16.2. The SMILES string of the molecule is CC1CCCCN1C(=O)Cn1cc(/C=C2/C(=O)N(C)c3ccccc32)c2ccccc21. The van der Waals surface area contributed by atoms with Gasteiger partial charge in [0.2, 0.25) is 5.91 Å². The fourth-order valence-electron chi connectivity index (χ4n) is 4.92. The molecule has 1 aromatic heterocycles. The van der Waals surface area contributed by atoms with E-state index < -0.39 is 0 Å². The molecule has 1 saturated heterocycles. The van der Waals surface area contributed by atoms with Crippen molar-refractivity contribution in [3.63, 3.8) is 0 Å². The summed E-state index contributed by atoms with van der Waals surface area (Å²) in [5.41, 5.74) is 4.54. The summed E-state index contributed by atoms with van der Waals surface area (Å²) in [7, 11) is 1.81. The van der Waals surface area contributed by atoms with Crippen LogP contribution in [0.1, 0.15) is 37.3 Å². The molecular formula is C26H27N3O2. The first kappa shape index (κ1) is 19.6. The number of likely N-dealkylation sites (N-methyl/N-ethyl adjacent to an activating group) is 1. The first-order valence-electron chi connectivity index (χ1n) is 11.0. The summed E-state index contributed by atoms with van der Waals surface area (Å²) in [5, 5.41) is 1.05. The van der Waals surface area contributed by atoms with Crippen molar-refractivity contribution < 1.29 is 9.59 Å². The molecule has 3 heterocycles. The molecular weight excluding hydrogens is 386 g/mol. The van der Waals surface area contributed by atoms with Gasteiger partial charge in [-0.25, -0.2) is 0 Å². The molecule has 0 saturated carbocycles. The lowest BCUT2D eigenvalue weighted by atomic mass is 10.0. The Morgan fingerprint density at radius 1 is 1.10 bits per heavy atom. The molecule has 1 atom stereocenters. The van der Waals surface area contributed by atoms with Crippen molar-refractivity contribution in [1.82, 2.24) is 9.47 Å². The second-order valence-electron chi connectivity index (χ2n) is 8.60. The Morgan fingerprint density at radius 2 is 1.87 bits per heavy atom. The van der Waals surface area contributed by atoms with E-state index in [0.29, 0.717) is 18.2 Å². The minimum absolute atomic E-state index is 0.00347. The molecule has 158 valence electrons. The lowest BCUT2D eigenvalue weighted by Crippen LogP contribution is -2.43. The Kier molecular flexibility index (Phi) is 4.89. The average Bonchev–Trinajstić information content (AvgIpc) is 3.25. The molecule has 31 heavy (non-hydrogen) atoms. The predicted molar refractivity (Wildman–Crippen MR) is 125 cm³/mol. The van der Waals surface area contributed by atoms with Crippen LogP contribution < -0.4 is 4.90 Å². The summed E-state index contributed by atoms with van der Waals surface area (Å²) >= 11 is 0. The number of likely N-dealkylation sites (tertiary alicyclic amines) is 1. The van der Waals surface area contributed by atoms with E-state index in [0.717, 1.165) is 47.1 Å². The van der Waals surface area contributed by atoms with Crippen LogP contribution in [0.3, 0.4) is 0 Å². The van der Waals surface area contributed by atoms with Gasteiger partial charge in [-0.15, -0.1) is 0 Å². The maximum atomic E-state index is 13.1. The van der Waals surface area contributed by atoms with Crippen LogP contribution in [0.5, 0.6) is 0 Å². The molecule has 2 aliphatic heterocycles. The molecule has 0 spiro atoms. The van der Waals surface area contributed by atoms with E-state index in [1.54, 1.807) is 4.90 Å². The molecule has 5 nitrogen and oxygen atoms in total. The van der Waals surface area contributed by atoms with Gasteiger partial charge in [0.15, 0.2) is 0 Å². The zero-order chi connectivity index (χ0) is 21.5. The smallest absolute Gasteiger partial charge is 0.258 e. The summed E-state index contributed by atoms with van der Waals surface area (Å²) in [5.74, 6) is 0.158. The number of hydrogen-bond donors (Lipinski definition) is 0. The van der Waals surface area contributed by atoms with Crippen molar-refractivity contribution in [2.45, 2.75) is 38.8 Å². The van der Waals surface area contributed by atoms with Crippen LogP contribution in [-0.4, -0.2) is 40.9 Å². The number of piperidine rings is 1. The summed E-state index contributed by atoms with van der Waals surface area (Å²) in [6, 6.07) is 16.3. The zero-order valence-electron chi connectivity index (χ0n) is 18.0. The summed E-state index contributed by atoms with van der Waals surface area (Å²) in [6.07, 6.45) is 7.33. The number of benzene rings is 2. The van der Waals surface area contributed by atoms with Crippen molar-refractivity contribution in [3.8, 4) is 0 Å². The molecule has 2 amide bonds. The van der Waals surface area contributed by atoms with Crippen LogP contribution >= 0.6 is 0 Å². The largest absolute Gasteiger partial charge is 0.338 e. The molecule has 0 radical (unpaired) electrons. The van der Waals surface area contributed by atoms with Gasteiger partial charge in [0.1, 0.15) is 6.54 Å². The molecule has 0 aliphatic carbocycles. The van der Waals surface area contributed by atoms with Crippen LogP contribution in [-0.2, 0) is 16.1 Å². The number of rotatable bonds is 3. The van der Waals surface area contributed by atoms with Gasteiger partial charge in [0, 0.05) is 53.4 Å². The quantitative estimate of drug-likeness (QED) is 0.591. The third-order valence-electron chi connectivity index (χ3n) is 6.64. The first-order chi connectivity index (χ1) is 15.0. The van der Waals surface area contributed by atoms with Crippen LogP contribution in [0, 0.1) is 0 Å².